The highest BCUT2D eigenvalue weighted by atomic mass is 35.5. The van der Waals surface area contributed by atoms with Crippen LogP contribution in [0.5, 0.6) is 0 Å². The van der Waals surface area contributed by atoms with Crippen LogP contribution in [0.15, 0.2) is 24.3 Å². The Kier molecular flexibility index (Phi) is 7.61. The van der Waals surface area contributed by atoms with Crippen molar-refractivity contribution in [2.45, 2.75) is 32.6 Å². The number of nitrogens with one attached hydrogen (secondary N) is 1. The van der Waals surface area contributed by atoms with Crippen LogP contribution >= 0.6 is 23.2 Å². The highest BCUT2D eigenvalue weighted by Gasteiger charge is 2.02. The Morgan fingerprint density at radius 2 is 1.89 bits per heavy atom. The summed E-state index contributed by atoms with van der Waals surface area (Å²) in [4.78, 5) is 11.6. The van der Waals surface area contributed by atoms with Crippen molar-refractivity contribution in [3.63, 3.8) is 0 Å². The summed E-state index contributed by atoms with van der Waals surface area (Å²) in [5.41, 5.74) is 0.673. The fraction of sp³-hybridized carbons (Fsp3) is 0.400. The summed E-state index contributed by atoms with van der Waals surface area (Å²) < 4.78 is 0. The van der Waals surface area contributed by atoms with Crippen molar-refractivity contribution in [1.29, 1.82) is 0 Å². The highest BCUT2D eigenvalue weighted by Crippen LogP contribution is 2.25. The molecule has 0 aliphatic heterocycles. The van der Waals surface area contributed by atoms with Gasteiger partial charge in [0.05, 0.1) is 0 Å². The lowest BCUT2D eigenvalue weighted by atomic mass is 10.2. The molecule has 0 heterocycles. The van der Waals surface area contributed by atoms with Crippen molar-refractivity contribution in [2.24, 2.45) is 0 Å². The number of halogens is 2. The van der Waals surface area contributed by atoms with Crippen molar-refractivity contribution in [1.82, 2.24) is 5.32 Å². The third-order valence-electron chi connectivity index (χ3n) is 2.73. The molecule has 0 saturated heterocycles. The minimum atomic E-state index is -0.118. The molecule has 2 nitrogen and oxygen atoms in total. The first-order valence-electron chi connectivity index (χ1n) is 6.55. The van der Waals surface area contributed by atoms with Gasteiger partial charge in [-0.3, -0.25) is 4.79 Å². The van der Waals surface area contributed by atoms with Crippen molar-refractivity contribution in [2.75, 3.05) is 6.54 Å². The van der Waals surface area contributed by atoms with E-state index in [9.17, 15) is 4.79 Å². The van der Waals surface area contributed by atoms with Gasteiger partial charge in [-0.15, -0.1) is 0 Å². The molecule has 19 heavy (non-hydrogen) atoms. The molecule has 1 amide bonds. The molecule has 0 fully saturated rings. The smallest absolute Gasteiger partial charge is 0.244 e. The number of carbonyl (C=O) groups excluding carboxylic acids is 1. The number of hydrogen-bond donors (Lipinski definition) is 1. The molecule has 0 aromatic heterocycles. The van der Waals surface area contributed by atoms with E-state index in [1.165, 1.54) is 18.9 Å². The number of carbonyl (C=O) groups is 1. The molecule has 1 aromatic carbocycles. The van der Waals surface area contributed by atoms with Crippen LogP contribution in [-0.4, -0.2) is 12.5 Å². The molecule has 0 saturated carbocycles. The lowest BCUT2D eigenvalue weighted by Crippen LogP contribution is -2.21. The van der Waals surface area contributed by atoms with Gasteiger partial charge in [-0.05, 0) is 24.6 Å². The fourth-order valence-corrected chi connectivity index (χ4v) is 2.17. The average Bonchev–Trinajstić information content (AvgIpc) is 2.38. The van der Waals surface area contributed by atoms with E-state index in [1.807, 2.05) is 0 Å². The normalized spacial score (nSPS) is 10.9. The third kappa shape index (κ3) is 6.13. The van der Waals surface area contributed by atoms with Gasteiger partial charge in [0.1, 0.15) is 0 Å². The number of amides is 1. The zero-order valence-electron chi connectivity index (χ0n) is 11.1. The van der Waals surface area contributed by atoms with Crippen LogP contribution in [0.2, 0.25) is 10.0 Å². The molecular weight excluding hydrogens is 281 g/mol. The molecule has 1 aromatic rings. The Labute approximate surface area is 124 Å². The molecule has 1 rings (SSSR count). The molecule has 0 unspecified atom stereocenters. The van der Waals surface area contributed by atoms with Crippen LogP contribution in [0.4, 0.5) is 0 Å². The second-order valence-corrected chi connectivity index (χ2v) is 5.13. The van der Waals surface area contributed by atoms with Crippen LogP contribution in [0.25, 0.3) is 6.08 Å². The maximum Gasteiger partial charge on any atom is 0.244 e. The van der Waals surface area contributed by atoms with Gasteiger partial charge >= 0.3 is 0 Å². The Hall–Kier alpha value is -0.990. The van der Waals surface area contributed by atoms with Crippen LogP contribution < -0.4 is 5.32 Å². The SMILES string of the molecule is CCCCCCNC(=O)C=Cc1c(Cl)cccc1Cl. The standard InChI is InChI=1S/C15H19Cl2NO/c1-2-3-4-5-11-18-15(19)10-9-12-13(16)7-6-8-14(12)17/h6-10H,2-5,11H2,1H3,(H,18,19). The molecule has 0 bridgehead atoms. The van der Waals surface area contributed by atoms with E-state index in [4.69, 9.17) is 23.2 Å². The zero-order chi connectivity index (χ0) is 14.1. The summed E-state index contributed by atoms with van der Waals surface area (Å²) in [7, 11) is 0. The molecule has 104 valence electrons. The van der Waals surface area contributed by atoms with E-state index in [0.717, 1.165) is 12.8 Å². The second-order valence-electron chi connectivity index (χ2n) is 4.32. The molecule has 4 heteroatoms. The summed E-state index contributed by atoms with van der Waals surface area (Å²) >= 11 is 12.0. The third-order valence-corrected chi connectivity index (χ3v) is 3.39. The predicted molar refractivity (Wildman–Crippen MR) is 82.6 cm³/mol. The summed E-state index contributed by atoms with van der Waals surface area (Å²) in [6.07, 6.45) is 7.68. The minimum Gasteiger partial charge on any atom is -0.353 e. The van der Waals surface area contributed by atoms with Gasteiger partial charge in [0, 0.05) is 28.2 Å². The van der Waals surface area contributed by atoms with E-state index >= 15 is 0 Å². The van der Waals surface area contributed by atoms with Crippen LogP contribution in [0, 0.1) is 0 Å². The van der Waals surface area contributed by atoms with E-state index < -0.39 is 0 Å². The van der Waals surface area contributed by atoms with Crippen molar-refractivity contribution in [3.8, 4) is 0 Å². The Bertz CT molecular complexity index is 424. The van der Waals surface area contributed by atoms with Gasteiger partial charge in [0.25, 0.3) is 0 Å². The molecule has 0 radical (unpaired) electrons. The minimum absolute atomic E-state index is 0.118. The molecule has 0 aliphatic rings. The number of hydrogen-bond acceptors (Lipinski definition) is 1. The fourth-order valence-electron chi connectivity index (χ4n) is 1.65. The number of unbranched alkanes of at least 4 members (excludes halogenated alkanes) is 3. The molecule has 0 aliphatic carbocycles. The van der Waals surface area contributed by atoms with E-state index in [1.54, 1.807) is 24.3 Å². The first-order chi connectivity index (χ1) is 9.15. The Morgan fingerprint density at radius 1 is 1.21 bits per heavy atom. The topological polar surface area (TPSA) is 29.1 Å². The van der Waals surface area contributed by atoms with Crippen molar-refractivity contribution in [3.05, 3.63) is 39.9 Å². The monoisotopic (exact) mass is 299 g/mol. The first kappa shape index (κ1) is 16.1. The summed E-state index contributed by atoms with van der Waals surface area (Å²) in [6.45, 7) is 2.87. The van der Waals surface area contributed by atoms with Gasteiger partial charge < -0.3 is 5.32 Å². The van der Waals surface area contributed by atoms with Gasteiger partial charge in [0.2, 0.25) is 5.91 Å². The van der Waals surface area contributed by atoms with E-state index in [0.29, 0.717) is 22.2 Å². The number of benzene rings is 1. The molecular formula is C15H19Cl2NO. The van der Waals surface area contributed by atoms with Crippen molar-refractivity contribution >= 4 is 35.2 Å². The van der Waals surface area contributed by atoms with Crippen molar-refractivity contribution < 1.29 is 4.79 Å². The second kappa shape index (κ2) is 9.00. The highest BCUT2D eigenvalue weighted by molar-refractivity contribution is 6.37. The van der Waals surface area contributed by atoms with Crippen LogP contribution in [-0.2, 0) is 4.79 Å². The largest absolute Gasteiger partial charge is 0.353 e. The maximum atomic E-state index is 11.6. The zero-order valence-corrected chi connectivity index (χ0v) is 12.6. The van der Waals surface area contributed by atoms with Crippen LogP contribution in [0.3, 0.4) is 0 Å². The van der Waals surface area contributed by atoms with Gasteiger partial charge in [-0.2, -0.15) is 0 Å². The molecule has 0 atom stereocenters. The maximum absolute atomic E-state index is 11.6. The predicted octanol–water partition coefficient (Wildman–Crippen LogP) is 4.70. The first-order valence-corrected chi connectivity index (χ1v) is 7.30. The quantitative estimate of drug-likeness (QED) is 0.574. The Morgan fingerprint density at radius 3 is 2.53 bits per heavy atom. The lowest BCUT2D eigenvalue weighted by Gasteiger charge is -2.03. The van der Waals surface area contributed by atoms with Gasteiger partial charge in [-0.1, -0.05) is 55.5 Å². The average molecular weight is 300 g/mol. The van der Waals surface area contributed by atoms with Gasteiger partial charge in [-0.25, -0.2) is 0 Å². The summed E-state index contributed by atoms with van der Waals surface area (Å²) in [5.74, 6) is -0.118. The van der Waals surface area contributed by atoms with Crippen LogP contribution in [0.1, 0.15) is 38.2 Å². The summed E-state index contributed by atoms with van der Waals surface area (Å²) in [6, 6.07) is 5.27. The number of rotatable bonds is 7. The van der Waals surface area contributed by atoms with E-state index in [-0.39, 0.29) is 5.91 Å². The van der Waals surface area contributed by atoms with Gasteiger partial charge in [0.15, 0.2) is 0 Å². The Balaban J connectivity index is 2.41. The van der Waals surface area contributed by atoms with E-state index in [2.05, 4.69) is 12.2 Å². The molecule has 0 spiro atoms. The summed E-state index contributed by atoms with van der Waals surface area (Å²) in [5, 5.41) is 3.92. The molecule has 1 N–H and O–H groups in total. The lowest BCUT2D eigenvalue weighted by molar-refractivity contribution is -0.116.